The zero-order valence-electron chi connectivity index (χ0n) is 11.2. The number of imidazole rings is 1. The number of hydrogen-bond donors (Lipinski definition) is 0. The molecule has 0 saturated heterocycles. The number of aldehydes is 1. The van der Waals surface area contributed by atoms with Crippen molar-refractivity contribution in [2.75, 3.05) is 0 Å². The summed E-state index contributed by atoms with van der Waals surface area (Å²) >= 11 is 6.39. The van der Waals surface area contributed by atoms with Crippen molar-refractivity contribution in [1.82, 2.24) is 9.55 Å². The SMILES string of the molecule is O=CC(c1ccc(-c2ccccc2)c(Cl)c1)n1ccnc1. The second-order valence-electron chi connectivity index (χ2n) is 4.70. The number of nitrogens with zero attached hydrogens (tertiary/aromatic N) is 2. The van der Waals surface area contributed by atoms with Crippen molar-refractivity contribution < 1.29 is 4.79 Å². The highest BCUT2D eigenvalue weighted by molar-refractivity contribution is 6.33. The fraction of sp³-hybridized carbons (Fsp3) is 0.0588. The van der Waals surface area contributed by atoms with Gasteiger partial charge in [-0.2, -0.15) is 0 Å². The summed E-state index contributed by atoms with van der Waals surface area (Å²) in [5.41, 5.74) is 2.85. The molecule has 3 nitrogen and oxygen atoms in total. The summed E-state index contributed by atoms with van der Waals surface area (Å²) in [5.74, 6) is 0. The van der Waals surface area contributed by atoms with Crippen molar-refractivity contribution in [1.29, 1.82) is 0 Å². The largest absolute Gasteiger partial charge is 0.323 e. The van der Waals surface area contributed by atoms with Crippen LogP contribution >= 0.6 is 11.6 Å². The fourth-order valence-electron chi connectivity index (χ4n) is 2.32. The Bertz CT molecular complexity index is 739. The molecule has 1 heterocycles. The van der Waals surface area contributed by atoms with Crippen molar-refractivity contribution in [3.05, 3.63) is 77.8 Å². The lowest BCUT2D eigenvalue weighted by atomic mass is 10.0. The molecule has 104 valence electrons. The van der Waals surface area contributed by atoms with Gasteiger partial charge < -0.3 is 9.36 Å². The van der Waals surface area contributed by atoms with E-state index in [0.717, 1.165) is 23.0 Å². The first kappa shape index (κ1) is 13.6. The van der Waals surface area contributed by atoms with E-state index >= 15 is 0 Å². The average Bonchev–Trinajstić information content (AvgIpc) is 3.03. The van der Waals surface area contributed by atoms with Gasteiger partial charge in [0.1, 0.15) is 12.3 Å². The Morgan fingerprint density at radius 1 is 1.14 bits per heavy atom. The number of carbonyl (C=O) groups excluding carboxylic acids is 1. The number of benzene rings is 2. The highest BCUT2D eigenvalue weighted by atomic mass is 35.5. The van der Waals surface area contributed by atoms with Crippen LogP contribution in [0.4, 0.5) is 0 Å². The molecule has 0 aliphatic heterocycles. The molecule has 0 fully saturated rings. The lowest BCUT2D eigenvalue weighted by molar-refractivity contribution is -0.109. The molecule has 0 bridgehead atoms. The van der Waals surface area contributed by atoms with Gasteiger partial charge in [-0.25, -0.2) is 4.98 Å². The molecule has 0 N–H and O–H groups in total. The summed E-state index contributed by atoms with van der Waals surface area (Å²) in [4.78, 5) is 15.4. The van der Waals surface area contributed by atoms with Crippen LogP contribution < -0.4 is 0 Å². The Morgan fingerprint density at radius 3 is 2.57 bits per heavy atom. The Labute approximate surface area is 127 Å². The Kier molecular flexibility index (Phi) is 3.84. The molecule has 0 aliphatic rings. The first-order valence-corrected chi connectivity index (χ1v) is 6.95. The van der Waals surface area contributed by atoms with Gasteiger partial charge in [-0.1, -0.05) is 54.1 Å². The van der Waals surface area contributed by atoms with Crippen LogP contribution in [-0.4, -0.2) is 15.8 Å². The number of halogens is 1. The standard InChI is InChI=1S/C17H13ClN2O/c18-16-10-14(17(11-21)20-9-8-19-12-20)6-7-15(16)13-4-2-1-3-5-13/h1-12,17H. The average molecular weight is 297 g/mol. The molecule has 0 amide bonds. The smallest absolute Gasteiger partial charge is 0.147 e. The van der Waals surface area contributed by atoms with E-state index in [4.69, 9.17) is 11.6 Å². The van der Waals surface area contributed by atoms with Crippen LogP contribution in [0, 0.1) is 0 Å². The van der Waals surface area contributed by atoms with E-state index in [-0.39, 0.29) is 0 Å². The van der Waals surface area contributed by atoms with E-state index in [9.17, 15) is 4.79 Å². The lowest BCUT2D eigenvalue weighted by Crippen LogP contribution is -2.10. The number of carbonyl (C=O) groups is 1. The number of aromatic nitrogens is 2. The highest BCUT2D eigenvalue weighted by Crippen LogP contribution is 2.30. The van der Waals surface area contributed by atoms with Crippen molar-refractivity contribution >= 4 is 17.9 Å². The van der Waals surface area contributed by atoms with Gasteiger partial charge in [0, 0.05) is 23.0 Å². The zero-order chi connectivity index (χ0) is 14.7. The second-order valence-corrected chi connectivity index (χ2v) is 5.10. The molecule has 21 heavy (non-hydrogen) atoms. The van der Waals surface area contributed by atoms with Gasteiger partial charge >= 0.3 is 0 Å². The molecular formula is C17H13ClN2O. The molecule has 2 aromatic carbocycles. The summed E-state index contributed by atoms with van der Waals surface area (Å²) in [5, 5.41) is 0.630. The van der Waals surface area contributed by atoms with E-state index in [1.54, 1.807) is 23.3 Å². The van der Waals surface area contributed by atoms with Gasteiger partial charge in [-0.3, -0.25) is 0 Å². The van der Waals surface area contributed by atoms with Crippen LogP contribution in [0.25, 0.3) is 11.1 Å². The van der Waals surface area contributed by atoms with Crippen LogP contribution in [0.15, 0.2) is 67.3 Å². The molecule has 1 unspecified atom stereocenters. The third-order valence-corrected chi connectivity index (χ3v) is 3.71. The van der Waals surface area contributed by atoms with Crippen molar-refractivity contribution in [3.63, 3.8) is 0 Å². The minimum atomic E-state index is -0.408. The molecular weight excluding hydrogens is 284 g/mol. The first-order valence-electron chi connectivity index (χ1n) is 6.57. The molecule has 0 radical (unpaired) electrons. The number of hydrogen-bond acceptors (Lipinski definition) is 2. The zero-order valence-corrected chi connectivity index (χ0v) is 11.9. The minimum Gasteiger partial charge on any atom is -0.323 e. The number of rotatable bonds is 4. The van der Waals surface area contributed by atoms with Crippen molar-refractivity contribution in [3.8, 4) is 11.1 Å². The van der Waals surface area contributed by atoms with Crippen molar-refractivity contribution in [2.45, 2.75) is 6.04 Å². The monoisotopic (exact) mass is 296 g/mol. The summed E-state index contributed by atoms with van der Waals surface area (Å²) in [6.07, 6.45) is 5.92. The Hall–Kier alpha value is -2.39. The second kappa shape index (κ2) is 5.94. The summed E-state index contributed by atoms with van der Waals surface area (Å²) in [6, 6.07) is 15.2. The fourth-order valence-corrected chi connectivity index (χ4v) is 2.62. The van der Waals surface area contributed by atoms with Crippen LogP contribution in [0.1, 0.15) is 11.6 Å². The van der Waals surface area contributed by atoms with E-state index in [2.05, 4.69) is 4.98 Å². The summed E-state index contributed by atoms with van der Waals surface area (Å²) in [6.45, 7) is 0. The van der Waals surface area contributed by atoms with Crippen LogP contribution in [0.5, 0.6) is 0 Å². The van der Waals surface area contributed by atoms with Gasteiger partial charge in [-0.15, -0.1) is 0 Å². The van der Waals surface area contributed by atoms with Gasteiger partial charge in [0.15, 0.2) is 0 Å². The Balaban J connectivity index is 2.00. The van der Waals surface area contributed by atoms with Crippen LogP contribution in [-0.2, 0) is 4.79 Å². The van der Waals surface area contributed by atoms with E-state index < -0.39 is 6.04 Å². The van der Waals surface area contributed by atoms with E-state index in [1.165, 1.54) is 0 Å². The molecule has 3 aromatic rings. The molecule has 1 aromatic heterocycles. The van der Waals surface area contributed by atoms with Gasteiger partial charge in [0.25, 0.3) is 0 Å². The van der Waals surface area contributed by atoms with Gasteiger partial charge in [0.2, 0.25) is 0 Å². The third kappa shape index (κ3) is 2.73. The maximum atomic E-state index is 11.4. The van der Waals surface area contributed by atoms with E-state index in [1.807, 2.05) is 48.5 Å². The van der Waals surface area contributed by atoms with Crippen LogP contribution in [0.3, 0.4) is 0 Å². The molecule has 3 rings (SSSR count). The highest BCUT2D eigenvalue weighted by Gasteiger charge is 2.14. The van der Waals surface area contributed by atoms with Gasteiger partial charge in [0.05, 0.1) is 6.33 Å². The summed E-state index contributed by atoms with van der Waals surface area (Å²) in [7, 11) is 0. The first-order chi connectivity index (χ1) is 10.3. The lowest BCUT2D eigenvalue weighted by Gasteiger charge is -2.14. The predicted octanol–water partition coefficient (Wildman–Crippen LogP) is 3.99. The maximum Gasteiger partial charge on any atom is 0.147 e. The molecule has 1 atom stereocenters. The summed E-state index contributed by atoms with van der Waals surface area (Å²) < 4.78 is 1.75. The quantitative estimate of drug-likeness (QED) is 0.682. The normalized spacial score (nSPS) is 12.0. The molecule has 0 aliphatic carbocycles. The molecule has 4 heteroatoms. The third-order valence-electron chi connectivity index (χ3n) is 3.39. The minimum absolute atomic E-state index is 0.408. The Morgan fingerprint density at radius 2 is 1.95 bits per heavy atom. The van der Waals surface area contributed by atoms with Gasteiger partial charge in [-0.05, 0) is 17.2 Å². The van der Waals surface area contributed by atoms with Crippen molar-refractivity contribution in [2.24, 2.45) is 0 Å². The topological polar surface area (TPSA) is 34.9 Å². The van der Waals surface area contributed by atoms with Crippen LogP contribution in [0.2, 0.25) is 5.02 Å². The van der Waals surface area contributed by atoms with E-state index in [0.29, 0.717) is 5.02 Å². The maximum absolute atomic E-state index is 11.4. The molecule has 0 spiro atoms. The molecule has 0 saturated carbocycles. The predicted molar refractivity (Wildman–Crippen MR) is 83.3 cm³/mol.